The number of rotatable bonds is 7. The number of imide groups is 1. The number of allylic oxidation sites excluding steroid dienone is 2. The third-order valence-corrected chi connectivity index (χ3v) is 5.63. The summed E-state index contributed by atoms with van der Waals surface area (Å²) >= 11 is 0. The van der Waals surface area contributed by atoms with Crippen molar-refractivity contribution in [3.63, 3.8) is 0 Å². The molecule has 0 saturated carbocycles. The van der Waals surface area contributed by atoms with E-state index in [1.165, 1.54) is 4.90 Å². The Balaban J connectivity index is 1.53. The lowest BCUT2D eigenvalue weighted by atomic mass is 9.85. The predicted octanol–water partition coefficient (Wildman–Crippen LogP) is 2.45. The van der Waals surface area contributed by atoms with E-state index >= 15 is 0 Å². The maximum atomic E-state index is 12.4. The molecule has 0 spiro atoms. The van der Waals surface area contributed by atoms with Crippen molar-refractivity contribution in [3.05, 3.63) is 42.0 Å². The molecule has 3 rings (SSSR count). The van der Waals surface area contributed by atoms with Crippen LogP contribution in [-0.4, -0.2) is 53.1 Å². The quantitative estimate of drug-likeness (QED) is 0.566. The number of nitrogens with one attached hydrogen (secondary N) is 1. The summed E-state index contributed by atoms with van der Waals surface area (Å²) in [5.74, 6) is -1.21. The molecule has 0 unspecified atom stereocenters. The van der Waals surface area contributed by atoms with E-state index in [2.05, 4.69) is 5.32 Å². The molecule has 0 bridgehead atoms. The summed E-state index contributed by atoms with van der Waals surface area (Å²) in [5, 5.41) is 2.76. The molecule has 4 amide bonds. The molecule has 154 valence electrons. The number of hydrogen-bond donors (Lipinski definition) is 1. The van der Waals surface area contributed by atoms with Crippen molar-refractivity contribution in [1.82, 2.24) is 9.80 Å². The Morgan fingerprint density at radius 2 is 1.55 bits per heavy atom. The molecule has 29 heavy (non-hydrogen) atoms. The molecule has 1 aliphatic heterocycles. The Morgan fingerprint density at radius 3 is 2.07 bits per heavy atom. The van der Waals surface area contributed by atoms with Crippen molar-refractivity contribution in [2.24, 2.45) is 11.8 Å². The number of benzene rings is 1. The largest absolute Gasteiger partial charge is 0.339 e. The molecular weight excluding hydrogens is 370 g/mol. The minimum Gasteiger partial charge on any atom is -0.339 e. The summed E-state index contributed by atoms with van der Waals surface area (Å²) in [6.45, 7) is 5.22. The van der Waals surface area contributed by atoms with Gasteiger partial charge in [0, 0.05) is 37.3 Å². The monoisotopic (exact) mass is 397 g/mol. The maximum absolute atomic E-state index is 12.4. The van der Waals surface area contributed by atoms with Crippen LogP contribution in [0.5, 0.6) is 0 Å². The van der Waals surface area contributed by atoms with Crippen molar-refractivity contribution < 1.29 is 19.2 Å². The van der Waals surface area contributed by atoms with Gasteiger partial charge in [-0.3, -0.25) is 24.1 Å². The van der Waals surface area contributed by atoms with Crippen LogP contribution in [0.2, 0.25) is 0 Å². The number of likely N-dealkylation sites (tertiary alicyclic amines) is 1. The Labute approximate surface area is 170 Å². The average molecular weight is 397 g/mol. The zero-order valence-electron chi connectivity index (χ0n) is 16.9. The van der Waals surface area contributed by atoms with E-state index in [4.69, 9.17) is 0 Å². The van der Waals surface area contributed by atoms with E-state index in [-0.39, 0.29) is 48.4 Å². The minimum absolute atomic E-state index is 0.0461. The van der Waals surface area contributed by atoms with Gasteiger partial charge in [0.2, 0.25) is 17.7 Å². The first-order chi connectivity index (χ1) is 14.0. The van der Waals surface area contributed by atoms with Gasteiger partial charge in [0.15, 0.2) is 0 Å². The second kappa shape index (κ2) is 9.03. The molecule has 1 aromatic carbocycles. The Bertz CT molecular complexity index is 801. The van der Waals surface area contributed by atoms with Gasteiger partial charge in [0.05, 0.1) is 11.8 Å². The van der Waals surface area contributed by atoms with E-state index in [0.29, 0.717) is 37.2 Å². The molecule has 1 aliphatic carbocycles. The first-order valence-corrected chi connectivity index (χ1v) is 10.2. The summed E-state index contributed by atoms with van der Waals surface area (Å²) < 4.78 is 0. The van der Waals surface area contributed by atoms with Gasteiger partial charge in [-0.25, -0.2) is 0 Å². The van der Waals surface area contributed by atoms with Crippen molar-refractivity contribution >= 4 is 29.3 Å². The van der Waals surface area contributed by atoms with E-state index in [0.717, 1.165) is 0 Å². The van der Waals surface area contributed by atoms with E-state index in [9.17, 15) is 19.2 Å². The van der Waals surface area contributed by atoms with Crippen LogP contribution in [0.4, 0.5) is 5.69 Å². The summed E-state index contributed by atoms with van der Waals surface area (Å²) in [6.07, 6.45) is 5.12. The fourth-order valence-corrected chi connectivity index (χ4v) is 3.92. The SMILES string of the molecule is CCN(CC)C(=O)c1ccc(NC(=O)CCN2C(=O)[C@H]3CC=CC[C@H]3C2=O)cc1. The molecule has 7 nitrogen and oxygen atoms in total. The van der Waals surface area contributed by atoms with Gasteiger partial charge in [-0.05, 0) is 51.0 Å². The maximum Gasteiger partial charge on any atom is 0.253 e. The molecule has 2 atom stereocenters. The van der Waals surface area contributed by atoms with E-state index in [1.807, 2.05) is 26.0 Å². The zero-order valence-corrected chi connectivity index (χ0v) is 16.9. The molecule has 2 aliphatic rings. The fraction of sp³-hybridized carbons (Fsp3) is 0.455. The van der Waals surface area contributed by atoms with Crippen LogP contribution in [0.25, 0.3) is 0 Å². The Kier molecular flexibility index (Phi) is 6.46. The van der Waals surface area contributed by atoms with Gasteiger partial charge >= 0.3 is 0 Å². The predicted molar refractivity (Wildman–Crippen MR) is 109 cm³/mol. The van der Waals surface area contributed by atoms with Gasteiger partial charge < -0.3 is 10.2 Å². The lowest BCUT2D eigenvalue weighted by Gasteiger charge is -2.18. The molecule has 0 aromatic heterocycles. The highest BCUT2D eigenvalue weighted by molar-refractivity contribution is 6.06. The topological polar surface area (TPSA) is 86.8 Å². The van der Waals surface area contributed by atoms with Crippen LogP contribution < -0.4 is 5.32 Å². The highest BCUT2D eigenvalue weighted by Gasteiger charge is 2.46. The van der Waals surface area contributed by atoms with Gasteiger partial charge in [0.25, 0.3) is 5.91 Å². The molecular formula is C22H27N3O4. The van der Waals surface area contributed by atoms with Gasteiger partial charge in [-0.1, -0.05) is 12.2 Å². The normalized spacial score (nSPS) is 20.6. The molecule has 1 N–H and O–H groups in total. The molecule has 1 aromatic rings. The summed E-state index contributed by atoms with van der Waals surface area (Å²) in [7, 11) is 0. The van der Waals surface area contributed by atoms with Gasteiger partial charge in [-0.2, -0.15) is 0 Å². The first-order valence-electron chi connectivity index (χ1n) is 10.2. The third-order valence-electron chi connectivity index (χ3n) is 5.63. The summed E-state index contributed by atoms with van der Waals surface area (Å²) in [5.41, 5.74) is 1.14. The number of amides is 4. The number of fused-ring (bicyclic) bond motifs is 1. The zero-order chi connectivity index (χ0) is 21.0. The van der Waals surface area contributed by atoms with Crippen molar-refractivity contribution in [2.75, 3.05) is 25.0 Å². The van der Waals surface area contributed by atoms with Gasteiger partial charge in [0.1, 0.15) is 0 Å². The summed E-state index contributed by atoms with van der Waals surface area (Å²) in [4.78, 5) is 52.4. The van der Waals surface area contributed by atoms with Crippen molar-refractivity contribution in [1.29, 1.82) is 0 Å². The molecule has 7 heteroatoms. The lowest BCUT2D eigenvalue weighted by molar-refractivity contribution is -0.140. The van der Waals surface area contributed by atoms with Crippen LogP contribution in [0, 0.1) is 11.8 Å². The third kappa shape index (κ3) is 4.39. The standard InChI is InChI=1S/C22H27N3O4/c1-3-24(4-2)20(27)15-9-11-16(12-10-15)23-19(26)13-14-25-21(28)17-7-5-6-8-18(17)22(25)29/h5-6,9-12,17-18H,3-4,7-8,13-14H2,1-2H3,(H,23,26)/t17-,18+. The Hall–Kier alpha value is -2.96. The smallest absolute Gasteiger partial charge is 0.253 e. The minimum atomic E-state index is -0.276. The average Bonchev–Trinajstić information content (AvgIpc) is 2.98. The number of carbonyl (C=O) groups is 4. The highest BCUT2D eigenvalue weighted by atomic mass is 16.2. The lowest BCUT2D eigenvalue weighted by Crippen LogP contribution is -2.34. The number of hydrogen-bond acceptors (Lipinski definition) is 4. The van der Waals surface area contributed by atoms with Crippen LogP contribution in [0.3, 0.4) is 0 Å². The van der Waals surface area contributed by atoms with Crippen molar-refractivity contribution in [2.45, 2.75) is 33.1 Å². The number of carbonyl (C=O) groups excluding carboxylic acids is 4. The van der Waals surface area contributed by atoms with Crippen molar-refractivity contribution in [3.8, 4) is 0 Å². The molecule has 1 heterocycles. The molecule has 1 fully saturated rings. The van der Waals surface area contributed by atoms with Crippen LogP contribution in [0.15, 0.2) is 36.4 Å². The summed E-state index contributed by atoms with van der Waals surface area (Å²) in [6, 6.07) is 6.73. The van der Waals surface area contributed by atoms with Crippen LogP contribution in [0.1, 0.15) is 43.5 Å². The fourth-order valence-electron chi connectivity index (χ4n) is 3.92. The second-order valence-corrected chi connectivity index (χ2v) is 7.34. The van der Waals surface area contributed by atoms with Crippen LogP contribution >= 0.6 is 0 Å². The number of nitrogens with zero attached hydrogens (tertiary/aromatic N) is 2. The number of anilines is 1. The first kappa shape index (κ1) is 20.8. The Morgan fingerprint density at radius 1 is 1.00 bits per heavy atom. The highest BCUT2D eigenvalue weighted by Crippen LogP contribution is 2.35. The molecule has 1 saturated heterocycles. The second-order valence-electron chi connectivity index (χ2n) is 7.34. The van der Waals surface area contributed by atoms with Gasteiger partial charge in [-0.15, -0.1) is 0 Å². The van der Waals surface area contributed by atoms with E-state index < -0.39 is 0 Å². The van der Waals surface area contributed by atoms with E-state index in [1.54, 1.807) is 29.2 Å². The molecule has 0 radical (unpaired) electrons. The van der Waals surface area contributed by atoms with Crippen LogP contribution in [-0.2, 0) is 14.4 Å².